The van der Waals surface area contributed by atoms with Gasteiger partial charge in [-0.05, 0) is 67.1 Å². The molecule has 1 heterocycles. The van der Waals surface area contributed by atoms with Crippen molar-refractivity contribution in [1.82, 2.24) is 4.90 Å². The Morgan fingerprint density at radius 3 is 2.41 bits per heavy atom. The van der Waals surface area contributed by atoms with Gasteiger partial charge >= 0.3 is 0 Å². The minimum absolute atomic E-state index is 0.0888. The van der Waals surface area contributed by atoms with Gasteiger partial charge in [0.2, 0.25) is 0 Å². The molecule has 0 N–H and O–H groups in total. The van der Waals surface area contributed by atoms with E-state index in [-0.39, 0.29) is 17.7 Å². The van der Waals surface area contributed by atoms with Crippen LogP contribution in [0.5, 0.6) is 11.5 Å². The summed E-state index contributed by atoms with van der Waals surface area (Å²) >= 11 is 13.0. The molecule has 1 aliphatic rings. The normalized spacial score (nSPS) is 15.3. The van der Waals surface area contributed by atoms with Gasteiger partial charge in [0.25, 0.3) is 11.1 Å². The molecule has 2 amide bonds. The first-order valence-corrected chi connectivity index (χ1v) is 10.6. The molecule has 5 nitrogen and oxygen atoms in total. The number of hydrogen-bond donors (Lipinski definition) is 0. The van der Waals surface area contributed by atoms with E-state index in [1.807, 2.05) is 19.9 Å². The number of hydrogen-bond acceptors (Lipinski definition) is 5. The Kier molecular flexibility index (Phi) is 7.11. The van der Waals surface area contributed by atoms with E-state index in [0.717, 1.165) is 17.3 Å². The van der Waals surface area contributed by atoms with Crippen LogP contribution in [0.15, 0.2) is 41.3 Å². The van der Waals surface area contributed by atoms with Crippen molar-refractivity contribution >= 4 is 52.2 Å². The van der Waals surface area contributed by atoms with Crippen LogP contribution in [-0.4, -0.2) is 29.3 Å². The van der Waals surface area contributed by atoms with Crippen LogP contribution in [0.25, 0.3) is 6.08 Å². The fourth-order valence-electron chi connectivity index (χ4n) is 2.77. The van der Waals surface area contributed by atoms with Crippen molar-refractivity contribution in [3.63, 3.8) is 0 Å². The first-order chi connectivity index (χ1) is 13.9. The lowest BCUT2D eigenvalue weighted by molar-refractivity contribution is -0.123. The monoisotopic (exact) mass is 451 g/mol. The molecule has 0 atom stereocenters. The van der Waals surface area contributed by atoms with Crippen molar-refractivity contribution in [3.05, 3.63) is 62.5 Å². The summed E-state index contributed by atoms with van der Waals surface area (Å²) in [5, 5.41) is 0.560. The summed E-state index contributed by atoms with van der Waals surface area (Å²) in [5.41, 5.74) is 1.39. The number of ether oxygens (including phenoxy) is 2. The largest absolute Gasteiger partial charge is 0.490 e. The third kappa shape index (κ3) is 5.07. The van der Waals surface area contributed by atoms with Crippen molar-refractivity contribution in [2.45, 2.75) is 20.4 Å². The van der Waals surface area contributed by atoms with E-state index in [1.165, 1.54) is 4.90 Å². The van der Waals surface area contributed by atoms with Crippen LogP contribution in [0.4, 0.5) is 4.79 Å². The Balaban J connectivity index is 1.83. The molecule has 1 saturated heterocycles. The summed E-state index contributed by atoms with van der Waals surface area (Å²) in [5.74, 6) is 0.866. The van der Waals surface area contributed by atoms with E-state index in [4.69, 9.17) is 32.7 Å². The lowest BCUT2D eigenvalue weighted by atomic mass is 10.1. The molecule has 3 rings (SSSR count). The van der Waals surface area contributed by atoms with Gasteiger partial charge in [-0.1, -0.05) is 35.3 Å². The number of amides is 2. The second-order valence-electron chi connectivity index (χ2n) is 6.08. The number of carbonyl (C=O) groups is 2. The molecular weight excluding hydrogens is 433 g/mol. The zero-order valence-electron chi connectivity index (χ0n) is 15.9. The molecule has 8 heteroatoms. The number of nitrogens with zero attached hydrogens (tertiary/aromatic N) is 1. The fraction of sp³-hybridized carbons (Fsp3) is 0.238. The van der Waals surface area contributed by atoms with Gasteiger partial charge in [-0.3, -0.25) is 14.5 Å². The molecule has 0 bridgehead atoms. The molecule has 0 aliphatic carbocycles. The summed E-state index contributed by atoms with van der Waals surface area (Å²) < 4.78 is 11.2. The summed E-state index contributed by atoms with van der Waals surface area (Å²) in [6.07, 6.45) is 1.67. The second kappa shape index (κ2) is 9.57. The van der Waals surface area contributed by atoms with E-state index < -0.39 is 0 Å². The lowest BCUT2D eigenvalue weighted by Gasteiger charge is -2.13. The highest BCUT2D eigenvalue weighted by Gasteiger charge is 2.35. The van der Waals surface area contributed by atoms with Crippen molar-refractivity contribution in [2.75, 3.05) is 13.2 Å². The molecular formula is C21H19Cl2NO4S. The SMILES string of the molecule is CCOc1ccc(/C=C2\SC(=O)N(Cc3ccc(Cl)cc3Cl)C2=O)cc1OCC. The predicted molar refractivity (Wildman–Crippen MR) is 117 cm³/mol. The van der Waals surface area contributed by atoms with Crippen LogP contribution in [0, 0.1) is 0 Å². The molecule has 0 spiro atoms. The van der Waals surface area contributed by atoms with Gasteiger partial charge < -0.3 is 9.47 Å². The zero-order chi connectivity index (χ0) is 21.0. The molecule has 29 heavy (non-hydrogen) atoms. The first-order valence-electron chi connectivity index (χ1n) is 9.01. The number of thioether (sulfide) groups is 1. The van der Waals surface area contributed by atoms with E-state index in [0.29, 0.717) is 45.2 Å². The van der Waals surface area contributed by atoms with E-state index in [9.17, 15) is 9.59 Å². The van der Waals surface area contributed by atoms with E-state index >= 15 is 0 Å². The van der Waals surface area contributed by atoms with E-state index in [1.54, 1.807) is 36.4 Å². The highest BCUT2D eigenvalue weighted by atomic mass is 35.5. The van der Waals surface area contributed by atoms with Gasteiger partial charge in [-0.15, -0.1) is 0 Å². The zero-order valence-corrected chi connectivity index (χ0v) is 18.2. The predicted octanol–water partition coefficient (Wildman–Crippen LogP) is 6.03. The van der Waals surface area contributed by atoms with Gasteiger partial charge in [-0.2, -0.15) is 0 Å². The number of halogens is 2. The van der Waals surface area contributed by atoms with Crippen LogP contribution in [0.2, 0.25) is 10.0 Å². The van der Waals surface area contributed by atoms with Crippen molar-refractivity contribution in [3.8, 4) is 11.5 Å². The van der Waals surface area contributed by atoms with Crippen LogP contribution in [-0.2, 0) is 11.3 Å². The Hall–Kier alpha value is -2.15. The number of imide groups is 1. The van der Waals surface area contributed by atoms with Crippen molar-refractivity contribution in [1.29, 1.82) is 0 Å². The van der Waals surface area contributed by atoms with Crippen LogP contribution in [0.1, 0.15) is 25.0 Å². The topological polar surface area (TPSA) is 55.8 Å². The average Bonchev–Trinajstić information content (AvgIpc) is 2.93. The van der Waals surface area contributed by atoms with Gasteiger partial charge in [0.15, 0.2) is 11.5 Å². The van der Waals surface area contributed by atoms with Crippen LogP contribution < -0.4 is 9.47 Å². The summed E-state index contributed by atoms with van der Waals surface area (Å²) in [6.45, 7) is 4.88. The van der Waals surface area contributed by atoms with E-state index in [2.05, 4.69) is 0 Å². The number of carbonyl (C=O) groups excluding carboxylic acids is 2. The highest BCUT2D eigenvalue weighted by molar-refractivity contribution is 8.18. The number of rotatable bonds is 7. The Bertz CT molecular complexity index is 977. The highest BCUT2D eigenvalue weighted by Crippen LogP contribution is 2.36. The fourth-order valence-corrected chi connectivity index (χ4v) is 4.07. The third-order valence-electron chi connectivity index (χ3n) is 4.08. The molecule has 0 radical (unpaired) electrons. The Morgan fingerprint density at radius 2 is 1.72 bits per heavy atom. The standard InChI is InChI=1S/C21H19Cl2NO4S/c1-3-27-17-8-5-13(9-18(17)28-4-2)10-19-20(25)24(21(26)29-19)12-14-6-7-15(22)11-16(14)23/h5-11H,3-4,12H2,1-2H3/b19-10-. The molecule has 0 unspecified atom stereocenters. The van der Waals surface area contributed by atoms with Crippen molar-refractivity contribution < 1.29 is 19.1 Å². The molecule has 1 aliphatic heterocycles. The smallest absolute Gasteiger partial charge is 0.293 e. The Labute approximate surface area is 183 Å². The quantitative estimate of drug-likeness (QED) is 0.481. The molecule has 2 aromatic rings. The van der Waals surface area contributed by atoms with Crippen molar-refractivity contribution in [2.24, 2.45) is 0 Å². The second-order valence-corrected chi connectivity index (χ2v) is 7.91. The maximum atomic E-state index is 12.8. The van der Waals surface area contributed by atoms with Gasteiger partial charge in [0, 0.05) is 10.0 Å². The molecule has 0 saturated carbocycles. The van der Waals surface area contributed by atoms with Gasteiger partial charge in [0.1, 0.15) is 0 Å². The minimum Gasteiger partial charge on any atom is -0.490 e. The van der Waals surface area contributed by atoms with Crippen LogP contribution >= 0.6 is 35.0 Å². The molecule has 2 aromatic carbocycles. The van der Waals surface area contributed by atoms with Gasteiger partial charge in [0.05, 0.1) is 24.7 Å². The maximum Gasteiger partial charge on any atom is 0.293 e. The molecule has 152 valence electrons. The molecule has 0 aromatic heterocycles. The third-order valence-corrected chi connectivity index (χ3v) is 5.58. The summed E-state index contributed by atoms with van der Waals surface area (Å²) in [6, 6.07) is 10.4. The first kappa shape index (κ1) is 21.6. The van der Waals surface area contributed by atoms with Gasteiger partial charge in [-0.25, -0.2) is 0 Å². The maximum absolute atomic E-state index is 12.8. The lowest BCUT2D eigenvalue weighted by Crippen LogP contribution is -2.27. The average molecular weight is 452 g/mol. The Morgan fingerprint density at radius 1 is 1.00 bits per heavy atom. The van der Waals surface area contributed by atoms with Crippen LogP contribution in [0.3, 0.4) is 0 Å². The minimum atomic E-state index is -0.363. The summed E-state index contributed by atoms with van der Waals surface area (Å²) in [7, 11) is 0. The summed E-state index contributed by atoms with van der Waals surface area (Å²) in [4.78, 5) is 26.7. The number of benzene rings is 2. The molecule has 1 fully saturated rings.